The molecule has 0 saturated carbocycles. The summed E-state index contributed by atoms with van der Waals surface area (Å²) in [6.07, 6.45) is 3.74. The maximum atomic E-state index is 4.06. The molecule has 0 aliphatic heterocycles. The zero-order valence-electron chi connectivity index (χ0n) is 9.40. The normalized spacial score (nSPS) is 10.9. The van der Waals surface area contributed by atoms with Crippen molar-refractivity contribution in [3.05, 3.63) is 66.9 Å². The van der Waals surface area contributed by atoms with Gasteiger partial charge in [-0.3, -0.25) is 0 Å². The maximum absolute atomic E-state index is 4.06. The van der Waals surface area contributed by atoms with Gasteiger partial charge >= 0.3 is 0 Å². The van der Waals surface area contributed by atoms with Crippen molar-refractivity contribution in [1.29, 1.82) is 0 Å². The number of benzene rings is 1. The fraction of sp³-hybridized carbons (Fsp3) is 0.143. The standard InChI is InChI=1S/C14H17N/c1-5-9-12(2)13(3)15(4)14-10-7-6-8-11-14/h5-11H,1,3H2,2,4H3/b12-9+. The molecule has 1 aromatic carbocycles. The molecule has 0 fully saturated rings. The molecule has 1 nitrogen and oxygen atoms in total. The van der Waals surface area contributed by atoms with Crippen molar-refractivity contribution in [1.82, 2.24) is 0 Å². The molecule has 0 aliphatic carbocycles. The third kappa shape index (κ3) is 2.84. The minimum Gasteiger partial charge on any atom is -0.345 e. The van der Waals surface area contributed by atoms with Gasteiger partial charge in [-0.15, -0.1) is 0 Å². The van der Waals surface area contributed by atoms with E-state index in [0.29, 0.717) is 0 Å². The van der Waals surface area contributed by atoms with Gasteiger partial charge in [-0.1, -0.05) is 43.5 Å². The first-order valence-corrected chi connectivity index (χ1v) is 4.94. The summed E-state index contributed by atoms with van der Waals surface area (Å²) in [4.78, 5) is 2.06. The number of anilines is 1. The zero-order chi connectivity index (χ0) is 11.3. The van der Waals surface area contributed by atoms with E-state index in [9.17, 15) is 0 Å². The lowest BCUT2D eigenvalue weighted by atomic mass is 10.2. The summed E-state index contributed by atoms with van der Waals surface area (Å²) >= 11 is 0. The number of hydrogen-bond donors (Lipinski definition) is 0. The number of allylic oxidation sites excluding steroid dienone is 3. The average molecular weight is 199 g/mol. The van der Waals surface area contributed by atoms with Crippen LogP contribution in [0, 0.1) is 0 Å². The molecule has 0 unspecified atom stereocenters. The van der Waals surface area contributed by atoms with E-state index in [1.54, 1.807) is 6.08 Å². The Kier molecular flexibility index (Phi) is 3.92. The Morgan fingerprint density at radius 3 is 2.40 bits per heavy atom. The van der Waals surface area contributed by atoms with Crippen molar-refractivity contribution >= 4 is 5.69 Å². The van der Waals surface area contributed by atoms with Crippen LogP contribution in [0.5, 0.6) is 0 Å². The van der Waals surface area contributed by atoms with Crippen molar-refractivity contribution in [3.63, 3.8) is 0 Å². The Hall–Kier alpha value is -1.76. The van der Waals surface area contributed by atoms with Gasteiger partial charge in [0.05, 0.1) is 0 Å². The van der Waals surface area contributed by atoms with Crippen molar-refractivity contribution in [2.75, 3.05) is 11.9 Å². The van der Waals surface area contributed by atoms with E-state index < -0.39 is 0 Å². The second-order valence-electron chi connectivity index (χ2n) is 3.43. The Morgan fingerprint density at radius 2 is 1.87 bits per heavy atom. The minimum atomic E-state index is 0.987. The van der Waals surface area contributed by atoms with Gasteiger partial charge in [0.1, 0.15) is 0 Å². The second kappa shape index (κ2) is 5.20. The van der Waals surface area contributed by atoms with Crippen LogP contribution in [0.2, 0.25) is 0 Å². The summed E-state index contributed by atoms with van der Waals surface area (Å²) in [7, 11) is 2.01. The van der Waals surface area contributed by atoms with Gasteiger partial charge < -0.3 is 4.90 Å². The monoisotopic (exact) mass is 199 g/mol. The molecule has 0 atom stereocenters. The highest BCUT2D eigenvalue weighted by molar-refractivity contribution is 5.54. The van der Waals surface area contributed by atoms with E-state index in [0.717, 1.165) is 17.0 Å². The SMILES string of the molecule is C=C/C=C(\C)C(=C)N(C)c1ccccc1. The Balaban J connectivity index is 2.87. The summed E-state index contributed by atoms with van der Waals surface area (Å²) in [5.74, 6) is 0. The van der Waals surface area contributed by atoms with E-state index in [-0.39, 0.29) is 0 Å². The van der Waals surface area contributed by atoms with Gasteiger partial charge in [-0.05, 0) is 24.6 Å². The lowest BCUT2D eigenvalue weighted by molar-refractivity contribution is 1.10. The highest BCUT2D eigenvalue weighted by atomic mass is 15.1. The quantitative estimate of drug-likeness (QED) is 0.667. The van der Waals surface area contributed by atoms with Gasteiger partial charge in [0.15, 0.2) is 0 Å². The molecule has 0 aromatic heterocycles. The van der Waals surface area contributed by atoms with Crippen LogP contribution in [0.3, 0.4) is 0 Å². The first-order valence-electron chi connectivity index (χ1n) is 4.94. The Bertz CT molecular complexity index is 374. The highest BCUT2D eigenvalue weighted by Crippen LogP contribution is 2.19. The minimum absolute atomic E-state index is 0.987. The molecule has 0 saturated heterocycles. The predicted molar refractivity (Wildman–Crippen MR) is 67.9 cm³/mol. The van der Waals surface area contributed by atoms with Crippen LogP contribution in [-0.4, -0.2) is 7.05 Å². The van der Waals surface area contributed by atoms with Crippen molar-refractivity contribution in [2.24, 2.45) is 0 Å². The van der Waals surface area contributed by atoms with E-state index in [2.05, 4.69) is 30.2 Å². The predicted octanol–water partition coefficient (Wildman–Crippen LogP) is 3.77. The largest absolute Gasteiger partial charge is 0.345 e. The fourth-order valence-corrected chi connectivity index (χ4v) is 1.34. The van der Waals surface area contributed by atoms with E-state index in [1.165, 1.54) is 0 Å². The van der Waals surface area contributed by atoms with Crippen LogP contribution in [-0.2, 0) is 0 Å². The molecule has 0 N–H and O–H groups in total. The first-order chi connectivity index (χ1) is 7.16. The molecule has 0 spiro atoms. The fourth-order valence-electron chi connectivity index (χ4n) is 1.34. The van der Waals surface area contributed by atoms with E-state index in [4.69, 9.17) is 0 Å². The average Bonchev–Trinajstić information content (AvgIpc) is 2.28. The lowest BCUT2D eigenvalue weighted by Crippen LogP contribution is -2.16. The first kappa shape index (κ1) is 11.3. The number of rotatable bonds is 4. The van der Waals surface area contributed by atoms with Crippen LogP contribution in [0.4, 0.5) is 5.69 Å². The van der Waals surface area contributed by atoms with Crippen LogP contribution in [0.15, 0.2) is 66.9 Å². The van der Waals surface area contributed by atoms with Crippen LogP contribution in [0.1, 0.15) is 6.92 Å². The molecule has 1 heteroatoms. The molecule has 0 amide bonds. The molecular weight excluding hydrogens is 182 g/mol. The highest BCUT2D eigenvalue weighted by Gasteiger charge is 2.04. The third-order valence-electron chi connectivity index (χ3n) is 2.37. The van der Waals surface area contributed by atoms with E-state index in [1.807, 2.05) is 38.2 Å². The third-order valence-corrected chi connectivity index (χ3v) is 2.37. The van der Waals surface area contributed by atoms with Crippen molar-refractivity contribution in [2.45, 2.75) is 6.92 Å². The number of likely N-dealkylation sites (N-methyl/N-ethyl adjacent to an activating group) is 1. The second-order valence-corrected chi connectivity index (χ2v) is 3.43. The maximum Gasteiger partial charge on any atom is 0.0407 e. The molecule has 15 heavy (non-hydrogen) atoms. The van der Waals surface area contributed by atoms with Gasteiger partial charge in [-0.25, -0.2) is 0 Å². The summed E-state index contributed by atoms with van der Waals surface area (Å²) in [6, 6.07) is 10.2. The number of hydrogen-bond acceptors (Lipinski definition) is 1. The van der Waals surface area contributed by atoms with Crippen LogP contribution >= 0.6 is 0 Å². The molecule has 0 heterocycles. The summed E-state index contributed by atoms with van der Waals surface area (Å²) in [6.45, 7) is 9.77. The molecule has 1 rings (SSSR count). The summed E-state index contributed by atoms with van der Waals surface area (Å²) in [5, 5.41) is 0. The van der Waals surface area contributed by atoms with Gasteiger partial charge in [-0.2, -0.15) is 0 Å². The number of nitrogens with zero attached hydrogens (tertiary/aromatic N) is 1. The number of para-hydroxylation sites is 1. The van der Waals surface area contributed by atoms with Crippen LogP contribution in [0.25, 0.3) is 0 Å². The molecule has 1 aromatic rings. The topological polar surface area (TPSA) is 3.24 Å². The summed E-state index contributed by atoms with van der Waals surface area (Å²) in [5.41, 5.74) is 3.25. The molecular formula is C14H17N. The smallest absolute Gasteiger partial charge is 0.0407 e. The van der Waals surface area contributed by atoms with Crippen molar-refractivity contribution < 1.29 is 0 Å². The van der Waals surface area contributed by atoms with Crippen LogP contribution < -0.4 is 4.90 Å². The van der Waals surface area contributed by atoms with E-state index >= 15 is 0 Å². The lowest BCUT2D eigenvalue weighted by Gasteiger charge is -2.22. The Morgan fingerprint density at radius 1 is 1.27 bits per heavy atom. The molecule has 78 valence electrons. The molecule has 0 radical (unpaired) electrons. The summed E-state index contributed by atoms with van der Waals surface area (Å²) < 4.78 is 0. The van der Waals surface area contributed by atoms with Gasteiger partial charge in [0, 0.05) is 18.4 Å². The molecule has 0 aliphatic rings. The molecule has 0 bridgehead atoms. The van der Waals surface area contributed by atoms with Crippen molar-refractivity contribution in [3.8, 4) is 0 Å². The zero-order valence-corrected chi connectivity index (χ0v) is 9.40. The van der Waals surface area contributed by atoms with Gasteiger partial charge in [0.25, 0.3) is 0 Å². The Labute approximate surface area is 92.0 Å². The van der Waals surface area contributed by atoms with Gasteiger partial charge in [0.2, 0.25) is 0 Å².